The van der Waals surface area contributed by atoms with Gasteiger partial charge in [0.25, 0.3) is 0 Å². The van der Waals surface area contributed by atoms with Crippen molar-refractivity contribution in [2.24, 2.45) is 0 Å². The monoisotopic (exact) mass is 193 g/mol. The standard InChI is InChI=1S/C11H12FNO/c1-7-5-13-6-11(14)9-3-2-8(12)4-10(7)9/h2-4,7,13H,5-6H2,1H3. The number of hydrogen-bond acceptors (Lipinski definition) is 2. The van der Waals surface area contributed by atoms with Crippen LogP contribution in [0.15, 0.2) is 18.2 Å². The van der Waals surface area contributed by atoms with Crippen LogP contribution in [0.4, 0.5) is 4.39 Å². The van der Waals surface area contributed by atoms with Crippen LogP contribution in [-0.4, -0.2) is 18.9 Å². The van der Waals surface area contributed by atoms with Gasteiger partial charge in [-0.2, -0.15) is 0 Å². The Morgan fingerprint density at radius 3 is 3.07 bits per heavy atom. The topological polar surface area (TPSA) is 29.1 Å². The van der Waals surface area contributed by atoms with Crippen LogP contribution in [0.2, 0.25) is 0 Å². The molecule has 14 heavy (non-hydrogen) atoms. The first-order valence-corrected chi connectivity index (χ1v) is 4.72. The lowest BCUT2D eigenvalue weighted by atomic mass is 9.95. The summed E-state index contributed by atoms with van der Waals surface area (Å²) >= 11 is 0. The molecular formula is C11H12FNO. The van der Waals surface area contributed by atoms with Gasteiger partial charge in [-0.15, -0.1) is 0 Å². The molecule has 1 aliphatic rings. The molecule has 1 aromatic rings. The molecule has 0 amide bonds. The quantitative estimate of drug-likeness (QED) is 0.679. The average Bonchev–Trinajstić information content (AvgIpc) is 2.28. The number of hydrogen-bond donors (Lipinski definition) is 1. The second kappa shape index (κ2) is 3.50. The lowest BCUT2D eigenvalue weighted by molar-refractivity contribution is 0.0994. The van der Waals surface area contributed by atoms with E-state index in [4.69, 9.17) is 0 Å². The van der Waals surface area contributed by atoms with Gasteiger partial charge >= 0.3 is 0 Å². The van der Waals surface area contributed by atoms with Gasteiger partial charge in [-0.1, -0.05) is 6.92 Å². The summed E-state index contributed by atoms with van der Waals surface area (Å²) in [4.78, 5) is 11.6. The molecule has 1 aliphatic heterocycles. The van der Waals surface area contributed by atoms with E-state index in [2.05, 4.69) is 5.32 Å². The van der Waals surface area contributed by atoms with Crippen molar-refractivity contribution in [1.29, 1.82) is 0 Å². The van der Waals surface area contributed by atoms with Gasteiger partial charge in [-0.05, 0) is 29.7 Å². The van der Waals surface area contributed by atoms with Gasteiger partial charge in [-0.3, -0.25) is 4.79 Å². The molecule has 3 heteroatoms. The fourth-order valence-electron chi connectivity index (χ4n) is 1.80. The van der Waals surface area contributed by atoms with E-state index < -0.39 is 0 Å². The highest BCUT2D eigenvalue weighted by Gasteiger charge is 2.20. The van der Waals surface area contributed by atoms with Gasteiger partial charge < -0.3 is 5.32 Å². The molecule has 1 atom stereocenters. The summed E-state index contributed by atoms with van der Waals surface area (Å²) < 4.78 is 13.0. The molecule has 0 aliphatic carbocycles. The van der Waals surface area contributed by atoms with Crippen LogP contribution in [0.25, 0.3) is 0 Å². The van der Waals surface area contributed by atoms with E-state index in [0.717, 1.165) is 12.1 Å². The number of Topliss-reactive ketones (excluding diaryl/α,β-unsaturated/α-hetero) is 1. The molecule has 2 nitrogen and oxygen atoms in total. The van der Waals surface area contributed by atoms with Crippen LogP contribution in [0, 0.1) is 5.82 Å². The van der Waals surface area contributed by atoms with E-state index in [1.165, 1.54) is 12.1 Å². The van der Waals surface area contributed by atoms with Crippen molar-refractivity contribution in [2.45, 2.75) is 12.8 Å². The molecule has 1 N–H and O–H groups in total. The zero-order valence-electron chi connectivity index (χ0n) is 8.01. The van der Waals surface area contributed by atoms with Gasteiger partial charge in [0.1, 0.15) is 5.82 Å². The minimum Gasteiger partial charge on any atom is -0.309 e. The maximum atomic E-state index is 13.0. The Hall–Kier alpha value is -1.22. The highest BCUT2D eigenvalue weighted by atomic mass is 19.1. The number of carbonyl (C=O) groups is 1. The average molecular weight is 193 g/mol. The van der Waals surface area contributed by atoms with Crippen molar-refractivity contribution in [3.8, 4) is 0 Å². The molecule has 1 unspecified atom stereocenters. The third-order valence-corrected chi connectivity index (χ3v) is 2.58. The van der Waals surface area contributed by atoms with Crippen molar-refractivity contribution in [3.63, 3.8) is 0 Å². The lowest BCUT2D eigenvalue weighted by Gasteiger charge is -2.10. The molecular weight excluding hydrogens is 181 g/mol. The van der Waals surface area contributed by atoms with Crippen LogP contribution < -0.4 is 5.32 Å². The van der Waals surface area contributed by atoms with Crippen LogP contribution in [-0.2, 0) is 0 Å². The Balaban J connectivity index is 2.54. The van der Waals surface area contributed by atoms with Crippen molar-refractivity contribution in [1.82, 2.24) is 5.32 Å². The van der Waals surface area contributed by atoms with Crippen LogP contribution in [0.1, 0.15) is 28.8 Å². The molecule has 74 valence electrons. The zero-order valence-corrected chi connectivity index (χ0v) is 8.01. The van der Waals surface area contributed by atoms with E-state index in [9.17, 15) is 9.18 Å². The van der Waals surface area contributed by atoms with Crippen molar-refractivity contribution in [2.75, 3.05) is 13.1 Å². The van der Waals surface area contributed by atoms with Crippen molar-refractivity contribution < 1.29 is 9.18 Å². The molecule has 0 aromatic heterocycles. The first kappa shape index (κ1) is 9.34. The van der Waals surface area contributed by atoms with Crippen molar-refractivity contribution >= 4 is 5.78 Å². The first-order chi connectivity index (χ1) is 6.68. The fourth-order valence-corrected chi connectivity index (χ4v) is 1.80. The molecule has 0 spiro atoms. The Labute approximate surface area is 82.1 Å². The highest BCUT2D eigenvalue weighted by Crippen LogP contribution is 2.22. The normalized spacial score (nSPS) is 21.6. The van der Waals surface area contributed by atoms with Gasteiger partial charge in [0.2, 0.25) is 0 Å². The number of halogens is 1. The smallest absolute Gasteiger partial charge is 0.176 e. The summed E-state index contributed by atoms with van der Waals surface area (Å²) in [7, 11) is 0. The Morgan fingerprint density at radius 2 is 2.29 bits per heavy atom. The Kier molecular flexibility index (Phi) is 2.33. The van der Waals surface area contributed by atoms with E-state index in [1.54, 1.807) is 6.07 Å². The van der Waals surface area contributed by atoms with Crippen LogP contribution >= 0.6 is 0 Å². The molecule has 0 radical (unpaired) electrons. The molecule has 0 bridgehead atoms. The van der Waals surface area contributed by atoms with Gasteiger partial charge in [0.05, 0.1) is 6.54 Å². The molecule has 2 rings (SSSR count). The van der Waals surface area contributed by atoms with E-state index in [0.29, 0.717) is 12.1 Å². The molecule has 0 fully saturated rings. The van der Waals surface area contributed by atoms with Crippen molar-refractivity contribution in [3.05, 3.63) is 35.1 Å². The van der Waals surface area contributed by atoms with Crippen LogP contribution in [0.3, 0.4) is 0 Å². The molecule has 1 aromatic carbocycles. The first-order valence-electron chi connectivity index (χ1n) is 4.72. The number of ketones is 1. The SMILES string of the molecule is CC1CNCC(=O)c2ccc(F)cc21. The fraction of sp³-hybridized carbons (Fsp3) is 0.364. The predicted molar refractivity (Wildman–Crippen MR) is 52.0 cm³/mol. The molecule has 0 saturated heterocycles. The lowest BCUT2D eigenvalue weighted by Crippen LogP contribution is -2.22. The number of benzene rings is 1. The summed E-state index contributed by atoms with van der Waals surface area (Å²) in [6.45, 7) is 3.06. The minimum atomic E-state index is -0.273. The van der Waals surface area contributed by atoms with E-state index in [-0.39, 0.29) is 17.5 Å². The molecule has 1 heterocycles. The van der Waals surface area contributed by atoms with Gasteiger partial charge in [-0.25, -0.2) is 4.39 Å². The number of fused-ring (bicyclic) bond motifs is 1. The second-order valence-corrected chi connectivity index (χ2v) is 3.69. The summed E-state index contributed by atoms with van der Waals surface area (Å²) in [5, 5.41) is 3.04. The summed E-state index contributed by atoms with van der Waals surface area (Å²) in [6.07, 6.45) is 0. The van der Waals surface area contributed by atoms with E-state index >= 15 is 0 Å². The summed E-state index contributed by atoms with van der Waals surface area (Å²) in [5.74, 6) is -0.0400. The van der Waals surface area contributed by atoms with Crippen LogP contribution in [0.5, 0.6) is 0 Å². The number of rotatable bonds is 0. The summed E-state index contributed by atoms with van der Waals surface area (Å²) in [5.41, 5.74) is 1.48. The Bertz CT molecular complexity index is 376. The predicted octanol–water partition coefficient (Wildman–Crippen LogP) is 1.72. The summed E-state index contributed by atoms with van der Waals surface area (Å²) in [6, 6.07) is 4.39. The second-order valence-electron chi connectivity index (χ2n) is 3.69. The third kappa shape index (κ3) is 1.55. The minimum absolute atomic E-state index is 0.0457. The largest absolute Gasteiger partial charge is 0.309 e. The van der Waals surface area contributed by atoms with E-state index in [1.807, 2.05) is 6.92 Å². The number of nitrogens with one attached hydrogen (secondary N) is 1. The van der Waals surface area contributed by atoms with Gasteiger partial charge in [0, 0.05) is 12.1 Å². The number of carbonyl (C=O) groups excluding carboxylic acids is 1. The highest BCUT2D eigenvalue weighted by molar-refractivity contribution is 5.99. The maximum absolute atomic E-state index is 13.0. The maximum Gasteiger partial charge on any atom is 0.176 e. The Morgan fingerprint density at radius 1 is 1.50 bits per heavy atom. The van der Waals surface area contributed by atoms with Gasteiger partial charge in [0.15, 0.2) is 5.78 Å². The third-order valence-electron chi connectivity index (χ3n) is 2.58. The molecule has 0 saturated carbocycles. The zero-order chi connectivity index (χ0) is 10.1.